The first-order chi connectivity index (χ1) is 14.3. The van der Waals surface area contributed by atoms with E-state index in [-0.39, 0.29) is 36.8 Å². The molecule has 0 radical (unpaired) electrons. The molecule has 2 aliphatic heterocycles. The summed E-state index contributed by atoms with van der Waals surface area (Å²) in [4.78, 5) is 24.2. The Morgan fingerprint density at radius 2 is 1.81 bits per heavy atom. The van der Waals surface area contributed by atoms with Gasteiger partial charge in [-0.25, -0.2) is 4.98 Å². The maximum atomic E-state index is 13.2. The van der Waals surface area contributed by atoms with Crippen molar-refractivity contribution in [1.29, 1.82) is 0 Å². The molecule has 0 spiro atoms. The molecule has 0 aliphatic carbocycles. The first-order valence-electron chi connectivity index (χ1n) is 10.3. The number of pyridine rings is 1. The molecule has 2 fully saturated rings. The highest BCUT2D eigenvalue weighted by atomic mass is 35.5. The van der Waals surface area contributed by atoms with Crippen molar-refractivity contribution < 1.29 is 9.53 Å². The minimum absolute atomic E-state index is 0. The third-order valence-electron chi connectivity index (χ3n) is 5.77. The summed E-state index contributed by atoms with van der Waals surface area (Å²) in [6.45, 7) is 6.27. The Morgan fingerprint density at radius 3 is 2.52 bits per heavy atom. The van der Waals surface area contributed by atoms with E-state index in [1.807, 2.05) is 47.5 Å². The van der Waals surface area contributed by atoms with Gasteiger partial charge in [0.15, 0.2) is 0 Å². The molecule has 1 aromatic carbocycles. The molecule has 9 heteroatoms. The third-order valence-corrected chi connectivity index (χ3v) is 5.77. The molecular formula is C22H31Cl2N5O2. The standard InChI is InChI=1S/C22H29N5O2.2ClH/c1-29-20-7-3-2-6-18(20)19-16-23-10-11-27(19)22(28)17-25-12-14-26(15-13-25)21-8-4-5-9-24-21;;/h2-9,19,23H,10-17H2,1H3;2*1H. The molecule has 170 valence electrons. The van der Waals surface area contributed by atoms with E-state index < -0.39 is 0 Å². The Morgan fingerprint density at radius 1 is 1.06 bits per heavy atom. The van der Waals surface area contributed by atoms with E-state index in [1.165, 1.54) is 0 Å². The number of para-hydroxylation sites is 1. The predicted octanol–water partition coefficient (Wildman–Crippen LogP) is 2.23. The van der Waals surface area contributed by atoms with Crippen molar-refractivity contribution in [3.63, 3.8) is 0 Å². The normalized spacial score (nSPS) is 19.2. The second-order valence-electron chi connectivity index (χ2n) is 7.50. The van der Waals surface area contributed by atoms with E-state index in [9.17, 15) is 4.79 Å². The molecule has 2 aliphatic rings. The van der Waals surface area contributed by atoms with Crippen molar-refractivity contribution in [2.24, 2.45) is 0 Å². The van der Waals surface area contributed by atoms with Crippen molar-refractivity contribution in [3.8, 4) is 5.75 Å². The third kappa shape index (κ3) is 6.01. The Balaban J connectivity index is 0.00000171. The molecular weight excluding hydrogens is 437 g/mol. The van der Waals surface area contributed by atoms with Gasteiger partial charge in [-0.15, -0.1) is 24.8 Å². The smallest absolute Gasteiger partial charge is 0.237 e. The number of carbonyl (C=O) groups is 1. The maximum Gasteiger partial charge on any atom is 0.237 e. The number of rotatable bonds is 5. The minimum atomic E-state index is 0. The van der Waals surface area contributed by atoms with Gasteiger partial charge >= 0.3 is 0 Å². The molecule has 1 unspecified atom stereocenters. The Labute approximate surface area is 196 Å². The van der Waals surface area contributed by atoms with Gasteiger partial charge in [0.25, 0.3) is 0 Å². The number of anilines is 1. The molecule has 1 atom stereocenters. The lowest BCUT2D eigenvalue weighted by atomic mass is 10.0. The number of benzene rings is 1. The zero-order chi connectivity index (χ0) is 20.1. The van der Waals surface area contributed by atoms with Gasteiger partial charge in [0.1, 0.15) is 11.6 Å². The van der Waals surface area contributed by atoms with Crippen LogP contribution in [0.1, 0.15) is 11.6 Å². The monoisotopic (exact) mass is 467 g/mol. The van der Waals surface area contributed by atoms with Crippen LogP contribution in [-0.2, 0) is 4.79 Å². The van der Waals surface area contributed by atoms with Crippen LogP contribution in [0.4, 0.5) is 5.82 Å². The van der Waals surface area contributed by atoms with Crippen LogP contribution in [0.25, 0.3) is 0 Å². The van der Waals surface area contributed by atoms with E-state index in [2.05, 4.69) is 26.2 Å². The van der Waals surface area contributed by atoms with Crippen LogP contribution in [0.3, 0.4) is 0 Å². The number of ether oxygens (including phenoxy) is 1. The van der Waals surface area contributed by atoms with E-state index in [4.69, 9.17) is 4.74 Å². The van der Waals surface area contributed by atoms with Crippen molar-refractivity contribution in [1.82, 2.24) is 20.1 Å². The lowest BCUT2D eigenvalue weighted by molar-refractivity contribution is -0.135. The number of methoxy groups -OCH3 is 1. The van der Waals surface area contributed by atoms with Gasteiger partial charge < -0.3 is 19.9 Å². The van der Waals surface area contributed by atoms with E-state index in [1.54, 1.807) is 7.11 Å². The summed E-state index contributed by atoms with van der Waals surface area (Å²) in [5.74, 6) is 2.04. The summed E-state index contributed by atoms with van der Waals surface area (Å²) < 4.78 is 5.54. The van der Waals surface area contributed by atoms with Crippen LogP contribution in [0.2, 0.25) is 0 Å². The lowest BCUT2D eigenvalue weighted by Gasteiger charge is -2.40. The summed E-state index contributed by atoms with van der Waals surface area (Å²) in [7, 11) is 1.68. The van der Waals surface area contributed by atoms with Gasteiger partial charge in [-0.2, -0.15) is 0 Å². The zero-order valence-corrected chi connectivity index (χ0v) is 19.4. The van der Waals surface area contributed by atoms with Crippen LogP contribution in [0.15, 0.2) is 48.7 Å². The van der Waals surface area contributed by atoms with E-state index in [0.29, 0.717) is 6.54 Å². The van der Waals surface area contributed by atoms with Crippen molar-refractivity contribution in [2.75, 3.05) is 64.4 Å². The van der Waals surface area contributed by atoms with Crippen LogP contribution >= 0.6 is 24.8 Å². The number of hydrogen-bond donors (Lipinski definition) is 1. The number of halogens is 2. The molecule has 2 aromatic rings. The fraction of sp³-hybridized carbons (Fsp3) is 0.455. The molecule has 31 heavy (non-hydrogen) atoms. The summed E-state index contributed by atoms with van der Waals surface area (Å²) in [5.41, 5.74) is 1.07. The summed E-state index contributed by atoms with van der Waals surface area (Å²) in [6.07, 6.45) is 1.83. The largest absolute Gasteiger partial charge is 0.496 e. The molecule has 2 saturated heterocycles. The van der Waals surface area contributed by atoms with Gasteiger partial charge in [-0.05, 0) is 18.2 Å². The Bertz CT molecular complexity index is 819. The quantitative estimate of drug-likeness (QED) is 0.727. The zero-order valence-electron chi connectivity index (χ0n) is 17.8. The van der Waals surface area contributed by atoms with Crippen molar-refractivity contribution in [2.45, 2.75) is 6.04 Å². The van der Waals surface area contributed by atoms with Gasteiger partial charge in [0.2, 0.25) is 5.91 Å². The number of nitrogens with zero attached hydrogens (tertiary/aromatic N) is 4. The topological polar surface area (TPSA) is 60.9 Å². The highest BCUT2D eigenvalue weighted by Crippen LogP contribution is 2.30. The number of carbonyl (C=O) groups excluding carboxylic acids is 1. The Kier molecular flexibility index (Phi) is 9.84. The molecule has 1 amide bonds. The number of aromatic nitrogens is 1. The molecule has 1 N–H and O–H groups in total. The van der Waals surface area contributed by atoms with Crippen molar-refractivity contribution in [3.05, 3.63) is 54.2 Å². The number of nitrogens with one attached hydrogen (secondary N) is 1. The predicted molar refractivity (Wildman–Crippen MR) is 128 cm³/mol. The van der Waals surface area contributed by atoms with Crippen LogP contribution in [-0.4, -0.2) is 80.2 Å². The van der Waals surface area contributed by atoms with Gasteiger partial charge in [-0.1, -0.05) is 24.3 Å². The first kappa shape index (κ1) is 25.2. The number of piperazine rings is 2. The average molecular weight is 468 g/mol. The van der Waals surface area contributed by atoms with Gasteiger partial charge in [0, 0.05) is 57.6 Å². The molecule has 0 saturated carbocycles. The SMILES string of the molecule is COc1ccccc1C1CNCCN1C(=O)CN1CCN(c2ccccn2)CC1.Cl.Cl. The molecule has 4 rings (SSSR count). The number of hydrogen-bond acceptors (Lipinski definition) is 6. The summed E-state index contributed by atoms with van der Waals surface area (Å²) in [6, 6.07) is 14.0. The molecule has 1 aromatic heterocycles. The van der Waals surface area contributed by atoms with Gasteiger partial charge in [0.05, 0.1) is 19.7 Å². The second kappa shape index (κ2) is 12.1. The van der Waals surface area contributed by atoms with E-state index >= 15 is 0 Å². The highest BCUT2D eigenvalue weighted by Gasteiger charge is 2.31. The molecule has 0 bridgehead atoms. The molecule has 3 heterocycles. The maximum absolute atomic E-state index is 13.2. The number of amides is 1. The fourth-order valence-corrected chi connectivity index (χ4v) is 4.18. The summed E-state index contributed by atoms with van der Waals surface area (Å²) >= 11 is 0. The minimum Gasteiger partial charge on any atom is -0.496 e. The fourth-order valence-electron chi connectivity index (χ4n) is 4.18. The first-order valence-corrected chi connectivity index (χ1v) is 10.3. The molecule has 7 nitrogen and oxygen atoms in total. The van der Waals surface area contributed by atoms with Crippen LogP contribution in [0, 0.1) is 0 Å². The average Bonchev–Trinajstić information content (AvgIpc) is 2.80. The Hall–Kier alpha value is -2.06. The van der Waals surface area contributed by atoms with Crippen molar-refractivity contribution >= 4 is 36.5 Å². The second-order valence-corrected chi connectivity index (χ2v) is 7.50. The van der Waals surface area contributed by atoms with E-state index in [0.717, 1.165) is 62.9 Å². The summed E-state index contributed by atoms with van der Waals surface area (Å²) in [5, 5.41) is 3.42. The van der Waals surface area contributed by atoms with Crippen LogP contribution in [0.5, 0.6) is 5.75 Å². The highest BCUT2D eigenvalue weighted by molar-refractivity contribution is 5.85. The van der Waals surface area contributed by atoms with Crippen LogP contribution < -0.4 is 15.0 Å². The lowest BCUT2D eigenvalue weighted by Crippen LogP contribution is -2.54. The van der Waals surface area contributed by atoms with Gasteiger partial charge in [-0.3, -0.25) is 9.69 Å².